The summed E-state index contributed by atoms with van der Waals surface area (Å²) in [5, 5.41) is 0. The van der Waals surface area contributed by atoms with Gasteiger partial charge in [0.15, 0.2) is 23.3 Å². The number of benzene rings is 6. The normalized spacial score (nSPS) is 12.7. The lowest BCUT2D eigenvalue weighted by Gasteiger charge is -2.21. The lowest BCUT2D eigenvalue weighted by atomic mass is 9.82. The molecule has 0 saturated carbocycles. The van der Waals surface area contributed by atoms with Crippen LogP contribution in [-0.4, -0.2) is 24.9 Å². The summed E-state index contributed by atoms with van der Waals surface area (Å²) in [6, 6.07) is 52.9. The van der Waals surface area contributed by atoms with Crippen LogP contribution in [0.25, 0.3) is 78.9 Å². The highest BCUT2D eigenvalue weighted by Crippen LogP contribution is 2.49. The average molecular weight is 670 g/mol. The maximum atomic E-state index is 5.11. The molecule has 0 spiro atoms. The Hall–Kier alpha value is -6.59. The lowest BCUT2D eigenvalue weighted by molar-refractivity contribution is 0.660. The van der Waals surface area contributed by atoms with E-state index in [1.54, 1.807) is 0 Å². The molecule has 8 aromatic rings. The number of nitrogens with zero attached hydrogens (tertiary/aromatic N) is 5. The van der Waals surface area contributed by atoms with Crippen molar-refractivity contribution in [2.24, 2.45) is 0 Å². The van der Waals surface area contributed by atoms with Crippen molar-refractivity contribution in [3.8, 4) is 78.9 Å². The number of hydrogen-bond acceptors (Lipinski definition) is 5. The van der Waals surface area contributed by atoms with E-state index in [-0.39, 0.29) is 5.41 Å². The molecule has 6 aromatic carbocycles. The van der Waals surface area contributed by atoms with Gasteiger partial charge in [0, 0.05) is 39.6 Å². The zero-order valence-corrected chi connectivity index (χ0v) is 29.2. The summed E-state index contributed by atoms with van der Waals surface area (Å²) in [5.41, 5.74) is 14.2. The van der Waals surface area contributed by atoms with Gasteiger partial charge in [0.1, 0.15) is 0 Å². The molecule has 9 rings (SSSR count). The molecule has 0 fully saturated rings. The summed E-state index contributed by atoms with van der Waals surface area (Å²) in [7, 11) is 0. The highest BCUT2D eigenvalue weighted by atomic mass is 15.0. The van der Waals surface area contributed by atoms with E-state index in [0.717, 1.165) is 50.2 Å². The molecule has 5 heteroatoms. The van der Waals surface area contributed by atoms with Crippen LogP contribution >= 0.6 is 0 Å². The lowest BCUT2D eigenvalue weighted by Crippen LogP contribution is -2.14. The summed E-state index contributed by atoms with van der Waals surface area (Å²) in [6.45, 7) is 6.62. The second kappa shape index (κ2) is 12.6. The van der Waals surface area contributed by atoms with Crippen LogP contribution in [-0.2, 0) is 5.41 Å². The van der Waals surface area contributed by atoms with Crippen molar-refractivity contribution in [1.29, 1.82) is 0 Å². The predicted molar refractivity (Wildman–Crippen MR) is 210 cm³/mol. The third-order valence-corrected chi connectivity index (χ3v) is 10.1. The number of hydrogen-bond donors (Lipinski definition) is 0. The third kappa shape index (κ3) is 5.66. The number of rotatable bonds is 6. The van der Waals surface area contributed by atoms with E-state index in [0.29, 0.717) is 23.3 Å². The molecule has 0 aliphatic heterocycles. The first kappa shape index (κ1) is 31.4. The van der Waals surface area contributed by atoms with Gasteiger partial charge < -0.3 is 0 Å². The van der Waals surface area contributed by atoms with E-state index in [2.05, 4.69) is 104 Å². The zero-order valence-electron chi connectivity index (χ0n) is 29.2. The van der Waals surface area contributed by atoms with Crippen LogP contribution in [0, 0.1) is 6.92 Å². The quantitative estimate of drug-likeness (QED) is 0.176. The first-order valence-electron chi connectivity index (χ1n) is 17.6. The molecule has 1 aliphatic carbocycles. The summed E-state index contributed by atoms with van der Waals surface area (Å²) in [4.78, 5) is 24.5. The minimum atomic E-state index is -0.0671. The zero-order chi connectivity index (χ0) is 35.2. The second-order valence-corrected chi connectivity index (χ2v) is 13.9. The van der Waals surface area contributed by atoms with Gasteiger partial charge in [-0.25, -0.2) is 24.9 Å². The average Bonchev–Trinajstić information content (AvgIpc) is 3.43. The summed E-state index contributed by atoms with van der Waals surface area (Å²) < 4.78 is 0. The van der Waals surface area contributed by atoms with Gasteiger partial charge in [-0.15, -0.1) is 0 Å². The first-order valence-corrected chi connectivity index (χ1v) is 17.6. The summed E-state index contributed by atoms with van der Waals surface area (Å²) in [5.74, 6) is 2.58. The van der Waals surface area contributed by atoms with E-state index in [1.165, 1.54) is 22.3 Å². The Morgan fingerprint density at radius 3 is 1.56 bits per heavy atom. The Kier molecular flexibility index (Phi) is 7.62. The molecule has 248 valence electrons. The van der Waals surface area contributed by atoms with Crippen LogP contribution < -0.4 is 0 Å². The second-order valence-electron chi connectivity index (χ2n) is 13.9. The van der Waals surface area contributed by atoms with Gasteiger partial charge in [0.05, 0.1) is 0 Å². The van der Waals surface area contributed by atoms with Crippen LogP contribution in [0.3, 0.4) is 0 Å². The van der Waals surface area contributed by atoms with Crippen LogP contribution in [0.4, 0.5) is 0 Å². The molecule has 2 aromatic heterocycles. The van der Waals surface area contributed by atoms with Gasteiger partial charge in [-0.3, -0.25) is 0 Å². The third-order valence-electron chi connectivity index (χ3n) is 10.1. The van der Waals surface area contributed by atoms with Gasteiger partial charge >= 0.3 is 0 Å². The van der Waals surface area contributed by atoms with Crippen molar-refractivity contribution in [2.45, 2.75) is 26.2 Å². The van der Waals surface area contributed by atoms with E-state index in [1.807, 2.05) is 79.9 Å². The van der Waals surface area contributed by atoms with Gasteiger partial charge in [0.2, 0.25) is 0 Å². The van der Waals surface area contributed by atoms with E-state index in [9.17, 15) is 0 Å². The van der Waals surface area contributed by atoms with Crippen LogP contribution in [0.5, 0.6) is 0 Å². The molecule has 0 bridgehead atoms. The van der Waals surface area contributed by atoms with Crippen molar-refractivity contribution in [1.82, 2.24) is 24.9 Å². The largest absolute Gasteiger partial charge is 0.237 e. The highest BCUT2D eigenvalue weighted by Gasteiger charge is 2.35. The molecule has 0 radical (unpaired) electrons. The van der Waals surface area contributed by atoms with Crippen LogP contribution in [0.1, 0.15) is 30.7 Å². The highest BCUT2D eigenvalue weighted by molar-refractivity contribution is 5.87. The monoisotopic (exact) mass is 669 g/mol. The van der Waals surface area contributed by atoms with Crippen molar-refractivity contribution in [3.63, 3.8) is 0 Å². The van der Waals surface area contributed by atoms with E-state index < -0.39 is 0 Å². The van der Waals surface area contributed by atoms with Crippen LogP contribution in [0.2, 0.25) is 0 Å². The molecule has 0 amide bonds. The number of aryl methyl sites for hydroxylation is 1. The molecule has 0 saturated heterocycles. The molecule has 0 N–H and O–H groups in total. The fourth-order valence-corrected chi connectivity index (χ4v) is 7.35. The van der Waals surface area contributed by atoms with Gasteiger partial charge in [-0.2, -0.15) is 0 Å². The predicted octanol–water partition coefficient (Wildman–Crippen LogP) is 11.3. The Labute approximate surface area is 303 Å². The Morgan fingerprint density at radius 1 is 0.365 bits per heavy atom. The molecule has 0 atom stereocenters. The molecular formula is C47H35N5. The van der Waals surface area contributed by atoms with Crippen molar-refractivity contribution < 1.29 is 0 Å². The molecular weight excluding hydrogens is 635 g/mol. The SMILES string of the molecule is Cc1ccnc(-c2cccc(-c3cc(-c4ccc5c(c4)-c4ccccc4C5(C)C)cc(-c4nc(-c5ccccc5)nc(-c5ccccc5)n4)c3)c2)n1. The molecule has 1 aliphatic rings. The topological polar surface area (TPSA) is 64.5 Å². The molecule has 5 nitrogen and oxygen atoms in total. The first-order chi connectivity index (χ1) is 25.4. The smallest absolute Gasteiger partial charge is 0.164 e. The molecule has 2 heterocycles. The van der Waals surface area contributed by atoms with Crippen molar-refractivity contribution in [3.05, 3.63) is 175 Å². The summed E-state index contributed by atoms with van der Waals surface area (Å²) in [6.07, 6.45) is 1.81. The fourth-order valence-electron chi connectivity index (χ4n) is 7.35. The Balaban J connectivity index is 1.26. The number of aromatic nitrogens is 5. The fraction of sp³-hybridized carbons (Fsp3) is 0.0851. The van der Waals surface area contributed by atoms with Crippen molar-refractivity contribution in [2.75, 3.05) is 0 Å². The standard InChI is InChI=1S/C47H35N5/c1-30-23-24-48-43(49-30)35-18-12-17-33(25-35)36-26-37(34-21-22-42-40(29-34)39-19-10-11-20-41(39)47(42,2)3)28-38(27-36)46-51-44(31-13-6-4-7-14-31)50-45(52-46)32-15-8-5-9-16-32/h4-29H,1-3H3. The van der Waals surface area contributed by atoms with E-state index in [4.69, 9.17) is 19.9 Å². The molecule has 52 heavy (non-hydrogen) atoms. The van der Waals surface area contributed by atoms with Gasteiger partial charge in [0.25, 0.3) is 0 Å². The number of fused-ring (bicyclic) bond motifs is 3. The molecule has 0 unspecified atom stereocenters. The van der Waals surface area contributed by atoms with E-state index >= 15 is 0 Å². The van der Waals surface area contributed by atoms with Crippen molar-refractivity contribution >= 4 is 0 Å². The van der Waals surface area contributed by atoms with Crippen LogP contribution in [0.15, 0.2) is 158 Å². The summed E-state index contributed by atoms with van der Waals surface area (Å²) >= 11 is 0. The van der Waals surface area contributed by atoms with Gasteiger partial charge in [-0.1, -0.05) is 129 Å². The van der Waals surface area contributed by atoms with Gasteiger partial charge in [-0.05, 0) is 87.8 Å². The Bertz CT molecular complexity index is 2550. The maximum absolute atomic E-state index is 5.11. The Morgan fingerprint density at radius 2 is 0.885 bits per heavy atom. The maximum Gasteiger partial charge on any atom is 0.164 e. The minimum absolute atomic E-state index is 0.0671. The minimum Gasteiger partial charge on any atom is -0.237 e.